The van der Waals surface area contributed by atoms with Crippen LogP contribution in [0.1, 0.15) is 21.5 Å². The molecule has 0 saturated carbocycles. The third kappa shape index (κ3) is 3.85. The van der Waals surface area contributed by atoms with Crippen LogP contribution in [0.5, 0.6) is 0 Å². The standard InChI is InChI=1S/C20H16N4O3/c1-27-20(26)16-5-2-6-17-18(16)15(12-23-17)8-14(9-21)19(25)24-11-13-4-3-7-22-10-13/h2-8,10,12,23H,11H2,1H3,(H,24,25)/b14-8+. The topological polar surface area (TPSA) is 108 Å². The second kappa shape index (κ2) is 7.97. The smallest absolute Gasteiger partial charge is 0.338 e. The number of nitrogens with one attached hydrogen (secondary N) is 2. The van der Waals surface area contributed by atoms with Gasteiger partial charge in [-0.25, -0.2) is 4.79 Å². The molecule has 0 aliphatic heterocycles. The molecule has 0 bridgehead atoms. The highest BCUT2D eigenvalue weighted by Gasteiger charge is 2.16. The van der Waals surface area contributed by atoms with Gasteiger partial charge in [0.05, 0.1) is 12.7 Å². The number of benzene rings is 1. The van der Waals surface area contributed by atoms with Crippen LogP contribution in [0.2, 0.25) is 0 Å². The number of rotatable bonds is 5. The molecule has 0 fully saturated rings. The Morgan fingerprint density at radius 3 is 2.89 bits per heavy atom. The average molecular weight is 360 g/mol. The fourth-order valence-electron chi connectivity index (χ4n) is 2.69. The minimum absolute atomic E-state index is 0.0699. The quantitative estimate of drug-likeness (QED) is 0.413. The largest absolute Gasteiger partial charge is 0.465 e. The second-order valence-electron chi connectivity index (χ2n) is 5.68. The third-order valence-electron chi connectivity index (χ3n) is 3.98. The molecule has 2 N–H and O–H groups in total. The van der Waals surface area contributed by atoms with E-state index in [4.69, 9.17) is 4.74 Å². The van der Waals surface area contributed by atoms with Crippen molar-refractivity contribution in [2.75, 3.05) is 7.11 Å². The number of fused-ring (bicyclic) bond motifs is 1. The fourth-order valence-corrected chi connectivity index (χ4v) is 2.69. The zero-order valence-corrected chi connectivity index (χ0v) is 14.5. The van der Waals surface area contributed by atoms with Crippen molar-refractivity contribution in [3.63, 3.8) is 0 Å². The molecule has 1 amide bonds. The number of nitrogens with zero attached hydrogens (tertiary/aromatic N) is 2. The van der Waals surface area contributed by atoms with Crippen molar-refractivity contribution in [2.45, 2.75) is 6.54 Å². The van der Waals surface area contributed by atoms with Crippen molar-refractivity contribution < 1.29 is 14.3 Å². The van der Waals surface area contributed by atoms with Crippen molar-refractivity contribution >= 4 is 28.9 Å². The first-order valence-electron chi connectivity index (χ1n) is 8.11. The number of esters is 1. The van der Waals surface area contributed by atoms with Gasteiger partial charge in [-0.15, -0.1) is 0 Å². The Bertz CT molecular complexity index is 1060. The van der Waals surface area contributed by atoms with Crippen molar-refractivity contribution in [1.82, 2.24) is 15.3 Å². The summed E-state index contributed by atoms with van der Waals surface area (Å²) in [6.45, 7) is 0.257. The monoisotopic (exact) mass is 360 g/mol. The molecule has 0 unspecified atom stereocenters. The van der Waals surface area contributed by atoms with Crippen molar-refractivity contribution in [3.05, 3.63) is 71.2 Å². The summed E-state index contributed by atoms with van der Waals surface area (Å²) in [4.78, 5) is 31.4. The minimum Gasteiger partial charge on any atom is -0.465 e. The second-order valence-corrected chi connectivity index (χ2v) is 5.68. The van der Waals surface area contributed by atoms with Crippen LogP contribution in [0.4, 0.5) is 0 Å². The molecular formula is C20H16N4O3. The highest BCUT2D eigenvalue weighted by Crippen LogP contribution is 2.25. The fraction of sp³-hybridized carbons (Fsp3) is 0.100. The summed E-state index contributed by atoms with van der Waals surface area (Å²) >= 11 is 0. The SMILES string of the molecule is COC(=O)c1cccc2[nH]cc(/C=C(\C#N)C(=O)NCc3cccnc3)c12. The molecule has 134 valence electrons. The highest BCUT2D eigenvalue weighted by molar-refractivity contribution is 6.09. The van der Waals surface area contributed by atoms with Gasteiger partial charge in [0.15, 0.2) is 0 Å². The van der Waals surface area contributed by atoms with Crippen LogP contribution in [0.3, 0.4) is 0 Å². The predicted molar refractivity (Wildman–Crippen MR) is 99.3 cm³/mol. The Labute approximate surface area is 155 Å². The Morgan fingerprint density at radius 2 is 2.19 bits per heavy atom. The number of nitriles is 1. The number of amides is 1. The lowest BCUT2D eigenvalue weighted by atomic mass is 10.0. The number of ether oxygens (including phenoxy) is 1. The maximum Gasteiger partial charge on any atom is 0.338 e. The van der Waals surface area contributed by atoms with Gasteiger partial charge in [-0.05, 0) is 29.8 Å². The van der Waals surface area contributed by atoms with Gasteiger partial charge in [-0.1, -0.05) is 12.1 Å². The summed E-state index contributed by atoms with van der Waals surface area (Å²) in [6, 6.07) is 10.7. The molecule has 7 nitrogen and oxygen atoms in total. The van der Waals surface area contributed by atoms with Gasteiger partial charge in [0.1, 0.15) is 11.6 Å². The number of hydrogen-bond donors (Lipinski definition) is 2. The molecule has 2 aromatic heterocycles. The number of hydrogen-bond acceptors (Lipinski definition) is 5. The molecule has 27 heavy (non-hydrogen) atoms. The van der Waals surface area contributed by atoms with E-state index in [0.29, 0.717) is 22.0 Å². The van der Waals surface area contributed by atoms with Crippen LogP contribution in [-0.2, 0) is 16.1 Å². The summed E-state index contributed by atoms with van der Waals surface area (Å²) in [6.07, 6.45) is 6.37. The molecule has 1 aromatic carbocycles. The molecule has 0 aliphatic rings. The van der Waals surface area contributed by atoms with E-state index in [9.17, 15) is 14.9 Å². The maximum absolute atomic E-state index is 12.4. The lowest BCUT2D eigenvalue weighted by molar-refractivity contribution is -0.117. The van der Waals surface area contributed by atoms with Gasteiger partial charge >= 0.3 is 5.97 Å². The molecule has 7 heteroatoms. The first kappa shape index (κ1) is 17.9. The van der Waals surface area contributed by atoms with Crippen molar-refractivity contribution in [2.24, 2.45) is 0 Å². The van der Waals surface area contributed by atoms with E-state index in [-0.39, 0.29) is 12.1 Å². The third-order valence-corrected chi connectivity index (χ3v) is 3.98. The number of carbonyl (C=O) groups is 2. The van der Waals surface area contributed by atoms with Gasteiger partial charge in [0, 0.05) is 41.6 Å². The lowest BCUT2D eigenvalue weighted by Crippen LogP contribution is -2.24. The van der Waals surface area contributed by atoms with Crippen LogP contribution in [0, 0.1) is 11.3 Å². The van der Waals surface area contributed by atoms with Gasteiger partial charge in [-0.3, -0.25) is 9.78 Å². The number of aromatic nitrogens is 2. The normalized spacial score (nSPS) is 11.0. The van der Waals surface area contributed by atoms with Crippen LogP contribution in [-0.4, -0.2) is 29.0 Å². The molecule has 0 atom stereocenters. The molecule has 0 aliphatic carbocycles. The van der Waals surface area contributed by atoms with Crippen molar-refractivity contribution in [3.8, 4) is 6.07 Å². The molecule has 0 radical (unpaired) electrons. The van der Waals surface area contributed by atoms with Gasteiger partial charge in [-0.2, -0.15) is 5.26 Å². The number of aromatic amines is 1. The molecule has 0 spiro atoms. The average Bonchev–Trinajstić information content (AvgIpc) is 3.13. The van der Waals surface area contributed by atoms with E-state index in [1.54, 1.807) is 42.9 Å². The summed E-state index contributed by atoms with van der Waals surface area (Å²) in [7, 11) is 1.30. The van der Waals surface area contributed by atoms with Gasteiger partial charge in [0.2, 0.25) is 0 Å². The Kier molecular flexibility index (Phi) is 5.28. The summed E-state index contributed by atoms with van der Waals surface area (Å²) in [5.41, 5.74) is 2.37. The zero-order chi connectivity index (χ0) is 19.2. The van der Waals surface area contributed by atoms with Gasteiger partial charge in [0.25, 0.3) is 5.91 Å². The van der Waals surface area contributed by atoms with E-state index in [1.165, 1.54) is 13.2 Å². The maximum atomic E-state index is 12.4. The molecule has 3 aromatic rings. The van der Waals surface area contributed by atoms with Crippen LogP contribution < -0.4 is 5.32 Å². The minimum atomic E-state index is -0.508. The van der Waals surface area contributed by atoms with E-state index in [1.807, 2.05) is 12.1 Å². The number of pyridine rings is 1. The lowest BCUT2D eigenvalue weighted by Gasteiger charge is -2.05. The van der Waals surface area contributed by atoms with E-state index < -0.39 is 11.9 Å². The Hall–Kier alpha value is -3.92. The first-order chi connectivity index (χ1) is 13.1. The van der Waals surface area contributed by atoms with Crippen LogP contribution in [0.15, 0.2) is 54.5 Å². The summed E-state index contributed by atoms with van der Waals surface area (Å²) in [5.74, 6) is -0.999. The van der Waals surface area contributed by atoms with E-state index >= 15 is 0 Å². The highest BCUT2D eigenvalue weighted by atomic mass is 16.5. The summed E-state index contributed by atoms with van der Waals surface area (Å²) in [5, 5.41) is 12.7. The summed E-state index contributed by atoms with van der Waals surface area (Å²) < 4.78 is 4.81. The van der Waals surface area contributed by atoms with Gasteiger partial charge < -0.3 is 15.0 Å². The number of methoxy groups -OCH3 is 1. The Balaban J connectivity index is 1.90. The molecule has 0 saturated heterocycles. The first-order valence-corrected chi connectivity index (χ1v) is 8.11. The van der Waals surface area contributed by atoms with E-state index in [0.717, 1.165) is 5.56 Å². The molecule has 2 heterocycles. The van der Waals surface area contributed by atoms with E-state index in [2.05, 4.69) is 15.3 Å². The van der Waals surface area contributed by atoms with Crippen LogP contribution in [0.25, 0.3) is 17.0 Å². The number of H-pyrrole nitrogens is 1. The predicted octanol–water partition coefficient (Wildman–Crippen LogP) is 2.57. The Morgan fingerprint density at radius 1 is 1.33 bits per heavy atom. The molecule has 3 rings (SSSR count). The molecular weight excluding hydrogens is 344 g/mol. The zero-order valence-electron chi connectivity index (χ0n) is 14.5. The van der Waals surface area contributed by atoms with Crippen molar-refractivity contribution in [1.29, 1.82) is 5.26 Å². The van der Waals surface area contributed by atoms with Crippen LogP contribution >= 0.6 is 0 Å². The number of carbonyl (C=O) groups excluding carboxylic acids is 2.